The van der Waals surface area contributed by atoms with Crippen LogP contribution < -0.4 is 0 Å². The second-order valence-corrected chi connectivity index (χ2v) is 4.63. The maximum atomic E-state index is 13.6. The van der Waals surface area contributed by atoms with Crippen molar-refractivity contribution in [3.8, 4) is 0 Å². The van der Waals surface area contributed by atoms with Crippen LogP contribution in [0, 0.1) is 11.6 Å². The van der Waals surface area contributed by atoms with E-state index >= 15 is 0 Å². The highest BCUT2D eigenvalue weighted by atomic mass is 19.1. The molecule has 0 bridgehead atoms. The fourth-order valence-corrected chi connectivity index (χ4v) is 2.06. The predicted octanol–water partition coefficient (Wildman–Crippen LogP) is 3.13. The summed E-state index contributed by atoms with van der Waals surface area (Å²) in [6.45, 7) is 11.7. The molecular weight excluding hydrogens is 246 g/mol. The highest BCUT2D eigenvalue weighted by molar-refractivity contribution is 5.18. The van der Waals surface area contributed by atoms with Gasteiger partial charge in [0, 0.05) is 31.3 Å². The molecule has 2 nitrogen and oxygen atoms in total. The van der Waals surface area contributed by atoms with Gasteiger partial charge in [0.25, 0.3) is 0 Å². The lowest BCUT2D eigenvalue weighted by atomic mass is 10.2. The minimum absolute atomic E-state index is 0.457. The number of hydrogen-bond donors (Lipinski definition) is 0. The fraction of sp³-hybridized carbons (Fsp3) is 0.600. The first-order chi connectivity index (χ1) is 9.10. The third-order valence-corrected chi connectivity index (χ3v) is 3.48. The average molecular weight is 270 g/mol. The summed E-state index contributed by atoms with van der Waals surface area (Å²) in [5.41, 5.74) is 0.558. The minimum atomic E-state index is -0.521. The van der Waals surface area contributed by atoms with Crippen molar-refractivity contribution in [1.82, 2.24) is 9.80 Å². The average Bonchev–Trinajstić information content (AvgIpc) is 2.41. The zero-order chi connectivity index (χ0) is 14.3. The number of benzene rings is 1. The van der Waals surface area contributed by atoms with Gasteiger partial charge in [-0.25, -0.2) is 8.78 Å². The second-order valence-electron chi connectivity index (χ2n) is 4.63. The smallest absolute Gasteiger partial charge is 0.130 e. The van der Waals surface area contributed by atoms with E-state index in [1.165, 1.54) is 12.1 Å². The lowest BCUT2D eigenvalue weighted by Crippen LogP contribution is -2.34. The van der Waals surface area contributed by atoms with Crippen LogP contribution in [-0.4, -0.2) is 42.5 Å². The summed E-state index contributed by atoms with van der Waals surface area (Å²) in [6.07, 6.45) is 0. The fourth-order valence-electron chi connectivity index (χ4n) is 2.06. The van der Waals surface area contributed by atoms with E-state index < -0.39 is 11.6 Å². The molecule has 0 spiro atoms. The molecule has 1 aromatic rings. The Balaban J connectivity index is 2.56. The summed E-state index contributed by atoms with van der Waals surface area (Å²) in [5, 5.41) is 0. The molecule has 0 fully saturated rings. The number of halogens is 2. The normalized spacial score (nSPS) is 11.5. The third kappa shape index (κ3) is 5.25. The summed E-state index contributed by atoms with van der Waals surface area (Å²) < 4.78 is 26.5. The summed E-state index contributed by atoms with van der Waals surface area (Å²) >= 11 is 0. The molecular formula is C15H24F2N2. The van der Waals surface area contributed by atoms with Crippen LogP contribution in [-0.2, 0) is 6.54 Å². The molecule has 1 aromatic carbocycles. The molecule has 0 saturated heterocycles. The molecule has 0 radical (unpaired) electrons. The van der Waals surface area contributed by atoms with E-state index in [1.807, 2.05) is 0 Å². The van der Waals surface area contributed by atoms with Crippen LogP contribution in [0.3, 0.4) is 0 Å². The van der Waals surface area contributed by atoms with Gasteiger partial charge in [-0.3, -0.25) is 4.90 Å². The summed E-state index contributed by atoms with van der Waals surface area (Å²) in [4.78, 5) is 4.51. The van der Waals surface area contributed by atoms with Crippen molar-refractivity contribution in [2.75, 3.05) is 32.7 Å². The van der Waals surface area contributed by atoms with Gasteiger partial charge in [-0.1, -0.05) is 26.8 Å². The van der Waals surface area contributed by atoms with Crippen LogP contribution in [0.25, 0.3) is 0 Å². The van der Waals surface area contributed by atoms with Gasteiger partial charge in [-0.15, -0.1) is 0 Å². The topological polar surface area (TPSA) is 6.48 Å². The molecule has 0 aliphatic carbocycles. The van der Waals surface area contributed by atoms with Gasteiger partial charge >= 0.3 is 0 Å². The lowest BCUT2D eigenvalue weighted by molar-refractivity contribution is 0.213. The van der Waals surface area contributed by atoms with Gasteiger partial charge in [0.15, 0.2) is 0 Å². The van der Waals surface area contributed by atoms with Crippen molar-refractivity contribution in [1.29, 1.82) is 0 Å². The number of rotatable bonds is 8. The van der Waals surface area contributed by atoms with Gasteiger partial charge in [0.05, 0.1) is 0 Å². The molecule has 0 heterocycles. The molecule has 108 valence electrons. The molecule has 4 heteroatoms. The Kier molecular flexibility index (Phi) is 6.95. The Morgan fingerprint density at radius 3 is 2.00 bits per heavy atom. The lowest BCUT2D eigenvalue weighted by Gasteiger charge is -2.25. The molecule has 0 saturated carbocycles. The monoisotopic (exact) mass is 270 g/mol. The molecule has 0 aliphatic heterocycles. The Labute approximate surface area is 115 Å². The van der Waals surface area contributed by atoms with Crippen LogP contribution in [0.15, 0.2) is 18.2 Å². The molecule has 1 rings (SSSR count). The van der Waals surface area contributed by atoms with E-state index in [1.54, 1.807) is 0 Å². The minimum Gasteiger partial charge on any atom is -0.303 e. The molecule has 0 aromatic heterocycles. The van der Waals surface area contributed by atoms with Crippen molar-refractivity contribution in [2.24, 2.45) is 0 Å². The predicted molar refractivity (Wildman–Crippen MR) is 75.1 cm³/mol. The molecule has 0 atom stereocenters. The maximum Gasteiger partial charge on any atom is 0.130 e. The number of likely N-dealkylation sites (N-methyl/N-ethyl adjacent to an activating group) is 2. The van der Waals surface area contributed by atoms with Crippen molar-refractivity contribution in [3.63, 3.8) is 0 Å². The van der Waals surface area contributed by atoms with E-state index in [4.69, 9.17) is 0 Å². The molecule has 0 aliphatic rings. The van der Waals surface area contributed by atoms with Gasteiger partial charge in [0.2, 0.25) is 0 Å². The van der Waals surface area contributed by atoms with Crippen LogP contribution in [0.2, 0.25) is 0 Å². The highest BCUT2D eigenvalue weighted by Gasteiger charge is 2.10. The zero-order valence-electron chi connectivity index (χ0n) is 12.1. The SMILES string of the molecule is CCN(CC)CCN(CC)Cc1ccc(F)cc1F. The van der Waals surface area contributed by atoms with Gasteiger partial charge in [-0.05, 0) is 25.7 Å². The maximum absolute atomic E-state index is 13.6. The third-order valence-electron chi connectivity index (χ3n) is 3.48. The summed E-state index contributed by atoms with van der Waals surface area (Å²) in [7, 11) is 0. The van der Waals surface area contributed by atoms with E-state index in [-0.39, 0.29) is 0 Å². The Morgan fingerprint density at radius 1 is 0.895 bits per heavy atom. The molecule has 0 N–H and O–H groups in total. The van der Waals surface area contributed by atoms with E-state index in [2.05, 4.69) is 30.6 Å². The van der Waals surface area contributed by atoms with Gasteiger partial charge < -0.3 is 4.90 Å². The standard InChI is InChI=1S/C15H24F2N2/c1-4-18(5-2)9-10-19(6-3)12-13-7-8-14(16)11-15(13)17/h7-8,11H,4-6,9-10,12H2,1-3H3. The van der Waals surface area contributed by atoms with Crippen LogP contribution in [0.5, 0.6) is 0 Å². The molecule has 0 unspecified atom stereocenters. The van der Waals surface area contributed by atoms with E-state index in [0.29, 0.717) is 12.1 Å². The van der Waals surface area contributed by atoms with Crippen LogP contribution in [0.4, 0.5) is 8.78 Å². The van der Waals surface area contributed by atoms with E-state index in [9.17, 15) is 8.78 Å². The highest BCUT2D eigenvalue weighted by Crippen LogP contribution is 2.12. The second kappa shape index (κ2) is 8.23. The van der Waals surface area contributed by atoms with E-state index in [0.717, 1.165) is 38.8 Å². The molecule has 19 heavy (non-hydrogen) atoms. The van der Waals surface area contributed by atoms with Crippen LogP contribution >= 0.6 is 0 Å². The van der Waals surface area contributed by atoms with Crippen LogP contribution in [0.1, 0.15) is 26.3 Å². The zero-order valence-corrected chi connectivity index (χ0v) is 12.1. The number of nitrogens with zero attached hydrogens (tertiary/aromatic N) is 2. The Hall–Kier alpha value is -1.00. The van der Waals surface area contributed by atoms with Crippen molar-refractivity contribution < 1.29 is 8.78 Å². The van der Waals surface area contributed by atoms with Crippen molar-refractivity contribution in [3.05, 3.63) is 35.4 Å². The van der Waals surface area contributed by atoms with Crippen molar-refractivity contribution >= 4 is 0 Å². The van der Waals surface area contributed by atoms with Gasteiger partial charge in [-0.2, -0.15) is 0 Å². The first-order valence-corrected chi connectivity index (χ1v) is 6.99. The Bertz CT molecular complexity index is 378. The first-order valence-electron chi connectivity index (χ1n) is 6.99. The summed E-state index contributed by atoms with van der Waals surface area (Å²) in [6, 6.07) is 3.80. The Morgan fingerprint density at radius 2 is 1.47 bits per heavy atom. The van der Waals surface area contributed by atoms with Gasteiger partial charge in [0.1, 0.15) is 11.6 Å². The number of hydrogen-bond acceptors (Lipinski definition) is 2. The first kappa shape index (κ1) is 16.1. The quantitative estimate of drug-likeness (QED) is 0.716. The largest absolute Gasteiger partial charge is 0.303 e. The summed E-state index contributed by atoms with van der Waals surface area (Å²) in [5.74, 6) is -0.978. The van der Waals surface area contributed by atoms with Crippen molar-refractivity contribution in [2.45, 2.75) is 27.3 Å². The molecule has 0 amide bonds.